The number of carbonyl (C=O) groups is 1. The van der Waals surface area contributed by atoms with Gasteiger partial charge in [0.2, 0.25) is 0 Å². The van der Waals surface area contributed by atoms with Crippen LogP contribution in [0.4, 0.5) is 0 Å². The fourth-order valence-corrected chi connectivity index (χ4v) is 6.45. The number of hydrogen-bond donors (Lipinski definition) is 0. The zero-order valence-electron chi connectivity index (χ0n) is 16.7. The van der Waals surface area contributed by atoms with E-state index < -0.39 is 0 Å². The first-order valence-corrected chi connectivity index (χ1v) is 10.1. The maximum absolute atomic E-state index is 12.0. The maximum Gasteiger partial charge on any atom is 0.309 e. The first-order chi connectivity index (χ1) is 10.6. The third kappa shape index (κ3) is 3.82. The van der Waals surface area contributed by atoms with Gasteiger partial charge in [-0.05, 0) is 30.7 Å². The van der Waals surface area contributed by atoms with Crippen LogP contribution in [0.1, 0.15) is 54.9 Å². The fourth-order valence-electron chi connectivity index (χ4n) is 4.90. The van der Waals surface area contributed by atoms with Crippen molar-refractivity contribution >= 4 is 16.4 Å². The van der Waals surface area contributed by atoms with Gasteiger partial charge in [-0.2, -0.15) is 0 Å². The predicted octanol–water partition coefficient (Wildman–Crippen LogP) is 2.12. The SMILES string of the molecule is COC(=O)C(C)CN1C(C(C)C)CCN([SiH3])C1(C(C)C)C(C)C. The molecular formula is C18H38N2O2Si. The summed E-state index contributed by atoms with van der Waals surface area (Å²) in [5, 5.41) is 0. The van der Waals surface area contributed by atoms with Gasteiger partial charge in [-0.1, -0.05) is 48.5 Å². The number of hydrogen-bond acceptors (Lipinski definition) is 4. The highest BCUT2D eigenvalue weighted by atomic mass is 28.2. The molecule has 0 N–H and O–H groups in total. The first kappa shape index (κ1) is 20.7. The van der Waals surface area contributed by atoms with Gasteiger partial charge in [0.25, 0.3) is 0 Å². The van der Waals surface area contributed by atoms with Crippen molar-refractivity contribution in [3.63, 3.8) is 0 Å². The van der Waals surface area contributed by atoms with Crippen molar-refractivity contribution in [2.75, 3.05) is 20.2 Å². The van der Waals surface area contributed by atoms with Crippen molar-refractivity contribution in [1.82, 2.24) is 9.47 Å². The minimum absolute atomic E-state index is 0.0433. The predicted molar refractivity (Wildman–Crippen MR) is 100 cm³/mol. The van der Waals surface area contributed by atoms with E-state index in [1.807, 2.05) is 6.92 Å². The van der Waals surface area contributed by atoms with Gasteiger partial charge >= 0.3 is 5.97 Å². The monoisotopic (exact) mass is 342 g/mol. The lowest BCUT2D eigenvalue weighted by Crippen LogP contribution is -2.73. The van der Waals surface area contributed by atoms with E-state index in [-0.39, 0.29) is 17.6 Å². The quantitative estimate of drug-likeness (QED) is 0.547. The van der Waals surface area contributed by atoms with E-state index in [0.717, 1.165) is 16.9 Å². The van der Waals surface area contributed by atoms with Crippen molar-refractivity contribution in [2.24, 2.45) is 23.7 Å². The van der Waals surface area contributed by atoms with E-state index in [0.29, 0.717) is 23.8 Å². The largest absolute Gasteiger partial charge is 0.469 e. The van der Waals surface area contributed by atoms with Crippen LogP contribution in [0.5, 0.6) is 0 Å². The summed E-state index contributed by atoms with van der Waals surface area (Å²) in [6.07, 6.45) is 1.19. The van der Waals surface area contributed by atoms with E-state index in [1.54, 1.807) is 0 Å². The highest BCUT2D eigenvalue weighted by Gasteiger charge is 2.51. The second kappa shape index (κ2) is 8.12. The van der Waals surface area contributed by atoms with Gasteiger partial charge in [0.15, 0.2) is 0 Å². The lowest BCUT2D eigenvalue weighted by atomic mass is 9.77. The lowest BCUT2D eigenvalue weighted by molar-refractivity contribution is -0.162. The van der Waals surface area contributed by atoms with Crippen LogP contribution in [-0.2, 0) is 9.53 Å². The van der Waals surface area contributed by atoms with Gasteiger partial charge in [-0.15, -0.1) is 0 Å². The summed E-state index contributed by atoms with van der Waals surface area (Å²) in [6, 6.07) is 0.525. The summed E-state index contributed by atoms with van der Waals surface area (Å²) < 4.78 is 7.65. The summed E-state index contributed by atoms with van der Waals surface area (Å²) >= 11 is 0. The number of esters is 1. The molecule has 0 saturated carbocycles. The Bertz CT molecular complexity index is 390. The normalized spacial score (nSPS) is 24.6. The Morgan fingerprint density at radius 1 is 1.17 bits per heavy atom. The second-order valence-electron chi connectivity index (χ2n) is 8.19. The second-order valence-corrected chi connectivity index (χ2v) is 9.27. The fraction of sp³-hybridized carbons (Fsp3) is 0.944. The number of methoxy groups -OCH3 is 1. The van der Waals surface area contributed by atoms with Crippen LogP contribution in [0.15, 0.2) is 0 Å². The van der Waals surface area contributed by atoms with Crippen LogP contribution >= 0.6 is 0 Å². The van der Waals surface area contributed by atoms with Gasteiger partial charge < -0.3 is 9.30 Å². The molecule has 1 saturated heterocycles. The van der Waals surface area contributed by atoms with Crippen molar-refractivity contribution in [1.29, 1.82) is 0 Å². The lowest BCUT2D eigenvalue weighted by Gasteiger charge is -2.62. The average Bonchev–Trinajstić information content (AvgIpc) is 2.45. The molecule has 5 heteroatoms. The summed E-state index contributed by atoms with van der Waals surface area (Å²) in [5.41, 5.74) is 0.0433. The third-order valence-electron chi connectivity index (χ3n) is 5.78. The molecule has 136 valence electrons. The Morgan fingerprint density at radius 2 is 1.70 bits per heavy atom. The number of nitrogens with zero attached hydrogens (tertiary/aromatic N) is 2. The Kier molecular flexibility index (Phi) is 7.29. The van der Waals surface area contributed by atoms with Crippen molar-refractivity contribution in [2.45, 2.75) is 66.6 Å². The molecule has 0 bridgehead atoms. The topological polar surface area (TPSA) is 32.8 Å². The molecule has 1 aliphatic rings. The van der Waals surface area contributed by atoms with Gasteiger partial charge in [0.05, 0.1) is 29.1 Å². The molecule has 0 aromatic heterocycles. The smallest absolute Gasteiger partial charge is 0.309 e. The van der Waals surface area contributed by atoms with Crippen LogP contribution < -0.4 is 0 Å². The molecule has 0 aliphatic carbocycles. The number of carbonyl (C=O) groups excluding carboxylic acids is 1. The molecule has 0 aromatic rings. The van der Waals surface area contributed by atoms with Crippen LogP contribution in [0.25, 0.3) is 0 Å². The molecular weight excluding hydrogens is 304 g/mol. The maximum atomic E-state index is 12.0. The first-order valence-electron chi connectivity index (χ1n) is 9.16. The Balaban J connectivity index is 3.31. The third-order valence-corrected chi connectivity index (χ3v) is 6.94. The van der Waals surface area contributed by atoms with Crippen molar-refractivity contribution in [3.05, 3.63) is 0 Å². The highest BCUT2D eigenvalue weighted by molar-refractivity contribution is 6.05. The summed E-state index contributed by atoms with van der Waals surface area (Å²) in [5.74, 6) is 1.44. The molecule has 4 nitrogen and oxygen atoms in total. The van der Waals surface area contributed by atoms with Gasteiger partial charge in [-0.3, -0.25) is 9.69 Å². The standard InChI is InChI=1S/C18H38N2O2Si/c1-12(2)16-9-10-20(23)18(13(3)4,14(5)6)19(16)11-15(7)17(21)22-8/h12-16H,9-11H2,1-8,23H3. The van der Waals surface area contributed by atoms with Crippen LogP contribution in [-0.4, -0.2) is 57.7 Å². The number of ether oxygens (including phenoxy) is 1. The minimum atomic E-state index is -0.0978. The van der Waals surface area contributed by atoms with E-state index in [4.69, 9.17) is 4.74 Å². The summed E-state index contributed by atoms with van der Waals surface area (Å²) in [4.78, 5) is 14.7. The summed E-state index contributed by atoms with van der Waals surface area (Å²) in [7, 11) is 2.54. The average molecular weight is 343 g/mol. The molecule has 0 aromatic carbocycles. The zero-order chi connectivity index (χ0) is 17.9. The molecule has 0 spiro atoms. The van der Waals surface area contributed by atoms with Gasteiger partial charge in [0, 0.05) is 12.6 Å². The van der Waals surface area contributed by atoms with E-state index in [1.165, 1.54) is 20.1 Å². The molecule has 1 aliphatic heterocycles. The van der Waals surface area contributed by atoms with E-state index >= 15 is 0 Å². The number of rotatable bonds is 6. The Morgan fingerprint density at radius 3 is 2.09 bits per heavy atom. The Labute approximate surface area is 146 Å². The Hall–Kier alpha value is -0.393. The molecule has 1 rings (SSSR count). The molecule has 23 heavy (non-hydrogen) atoms. The van der Waals surface area contributed by atoms with E-state index in [2.05, 4.69) is 51.0 Å². The van der Waals surface area contributed by atoms with Crippen LogP contribution in [0.2, 0.25) is 0 Å². The highest BCUT2D eigenvalue weighted by Crippen LogP contribution is 2.42. The van der Waals surface area contributed by atoms with Gasteiger partial charge in [0.1, 0.15) is 0 Å². The molecule has 2 atom stereocenters. The van der Waals surface area contributed by atoms with Crippen LogP contribution in [0.3, 0.4) is 0 Å². The minimum Gasteiger partial charge on any atom is -0.469 e. The molecule has 0 radical (unpaired) electrons. The molecule has 0 amide bonds. The van der Waals surface area contributed by atoms with E-state index in [9.17, 15) is 4.79 Å². The molecule has 1 fully saturated rings. The molecule has 1 heterocycles. The van der Waals surface area contributed by atoms with Crippen molar-refractivity contribution in [3.8, 4) is 0 Å². The van der Waals surface area contributed by atoms with Crippen molar-refractivity contribution < 1.29 is 9.53 Å². The zero-order valence-corrected chi connectivity index (χ0v) is 18.7. The molecule has 2 unspecified atom stereocenters. The summed E-state index contributed by atoms with van der Waals surface area (Å²) in [6.45, 7) is 17.9. The van der Waals surface area contributed by atoms with Gasteiger partial charge in [-0.25, -0.2) is 0 Å². The van der Waals surface area contributed by atoms with Crippen LogP contribution in [0, 0.1) is 23.7 Å².